The molecule has 1 unspecified atom stereocenters. The highest BCUT2D eigenvalue weighted by Crippen LogP contribution is 2.32. The van der Waals surface area contributed by atoms with Crippen LogP contribution < -0.4 is 20.7 Å². The Morgan fingerprint density at radius 2 is 1.47 bits per heavy atom. The molecule has 0 saturated carbocycles. The minimum absolute atomic E-state index is 0.0136. The second kappa shape index (κ2) is 11.3. The number of urea groups is 1. The highest BCUT2D eigenvalue weighted by Gasteiger charge is 2.22. The van der Waals surface area contributed by atoms with Crippen molar-refractivity contribution in [1.82, 2.24) is 10.6 Å². The van der Waals surface area contributed by atoms with Gasteiger partial charge in [0.05, 0.1) is 6.04 Å². The fraction of sp³-hybridized carbons (Fsp3) is 0.296. The van der Waals surface area contributed by atoms with Crippen LogP contribution in [-0.4, -0.2) is 18.5 Å². The molecule has 34 heavy (non-hydrogen) atoms. The molecule has 1 heterocycles. The molecule has 178 valence electrons. The monoisotopic (exact) mass is 460 g/mol. The molecule has 0 radical (unpaired) electrons. The van der Waals surface area contributed by atoms with Crippen LogP contribution in [0, 0.1) is 5.21 Å². The SMILES string of the molecule is CC(C)c1cccc(C(C)C)c1NC(=O)NCC(NC(=O)c1cccc[n+]1[O-])c1ccccc1. The van der Waals surface area contributed by atoms with Crippen molar-refractivity contribution in [3.63, 3.8) is 0 Å². The molecular formula is C27H32N4O3. The maximum Gasteiger partial charge on any atom is 0.319 e. The number of anilines is 1. The Bertz CT molecular complexity index is 1100. The molecule has 3 N–H and O–H groups in total. The number of rotatable bonds is 8. The molecule has 0 aliphatic heterocycles. The van der Waals surface area contributed by atoms with Crippen molar-refractivity contribution >= 4 is 17.6 Å². The molecule has 1 atom stereocenters. The van der Waals surface area contributed by atoms with Gasteiger partial charge < -0.3 is 21.2 Å². The first-order valence-corrected chi connectivity index (χ1v) is 11.5. The number of hydrogen-bond donors (Lipinski definition) is 3. The van der Waals surface area contributed by atoms with E-state index >= 15 is 0 Å². The van der Waals surface area contributed by atoms with Crippen LogP contribution >= 0.6 is 0 Å². The number of hydrogen-bond acceptors (Lipinski definition) is 3. The molecule has 3 aromatic rings. The minimum atomic E-state index is -0.524. The van der Waals surface area contributed by atoms with Crippen LogP contribution in [0.5, 0.6) is 0 Å². The zero-order valence-electron chi connectivity index (χ0n) is 20.0. The second-order valence-electron chi connectivity index (χ2n) is 8.80. The molecular weight excluding hydrogens is 428 g/mol. The first kappa shape index (κ1) is 24.8. The van der Waals surface area contributed by atoms with Crippen molar-refractivity contribution in [2.45, 2.75) is 45.6 Å². The lowest BCUT2D eigenvalue weighted by atomic mass is 9.93. The van der Waals surface area contributed by atoms with Crippen molar-refractivity contribution in [2.75, 3.05) is 11.9 Å². The van der Waals surface area contributed by atoms with Gasteiger partial charge in [0.25, 0.3) is 5.69 Å². The predicted octanol–water partition coefficient (Wildman–Crippen LogP) is 4.86. The van der Waals surface area contributed by atoms with E-state index in [-0.39, 0.29) is 30.1 Å². The molecule has 7 nitrogen and oxygen atoms in total. The van der Waals surface area contributed by atoms with Crippen LogP contribution in [-0.2, 0) is 0 Å². The van der Waals surface area contributed by atoms with Gasteiger partial charge in [-0.3, -0.25) is 4.79 Å². The standard InChI is InChI=1S/C27H32N4O3/c1-18(2)21-13-10-14-22(19(3)4)25(21)30-27(33)28-17-23(20-11-6-5-7-12-20)29-26(32)24-15-8-9-16-31(24)34/h5-16,18-19,23H,17H2,1-4H3,(H,29,32)(H2,28,30,33). The number of nitrogens with one attached hydrogen (secondary N) is 3. The number of amides is 3. The first-order valence-electron chi connectivity index (χ1n) is 11.5. The fourth-order valence-corrected chi connectivity index (χ4v) is 3.82. The van der Waals surface area contributed by atoms with Crippen molar-refractivity contribution in [3.8, 4) is 0 Å². The Labute approximate surface area is 200 Å². The first-order chi connectivity index (χ1) is 16.3. The third-order valence-electron chi connectivity index (χ3n) is 5.64. The summed E-state index contributed by atoms with van der Waals surface area (Å²) in [5.41, 5.74) is 3.76. The van der Waals surface area contributed by atoms with Crippen LogP contribution in [0.3, 0.4) is 0 Å². The molecule has 0 aliphatic carbocycles. The van der Waals surface area contributed by atoms with Gasteiger partial charge in [-0.25, -0.2) is 4.79 Å². The number of carbonyl (C=O) groups is 2. The maximum atomic E-state index is 12.9. The van der Waals surface area contributed by atoms with Gasteiger partial charge in [-0.15, -0.1) is 0 Å². The smallest absolute Gasteiger partial charge is 0.319 e. The van der Waals surface area contributed by atoms with Crippen molar-refractivity contribution in [2.24, 2.45) is 0 Å². The van der Waals surface area contributed by atoms with Gasteiger partial charge in [-0.05, 0) is 34.6 Å². The molecule has 2 aromatic carbocycles. The van der Waals surface area contributed by atoms with Crippen LogP contribution in [0.25, 0.3) is 0 Å². The van der Waals surface area contributed by atoms with E-state index in [1.807, 2.05) is 48.5 Å². The normalized spacial score (nSPS) is 11.8. The summed E-state index contributed by atoms with van der Waals surface area (Å²) in [6.45, 7) is 8.52. The number of nitrogens with zero attached hydrogens (tertiary/aromatic N) is 1. The largest absolute Gasteiger partial charge is 0.618 e. The van der Waals surface area contributed by atoms with E-state index in [0.717, 1.165) is 22.4 Å². The summed E-state index contributed by atoms with van der Waals surface area (Å²) in [6.07, 6.45) is 1.27. The molecule has 7 heteroatoms. The fourth-order valence-electron chi connectivity index (χ4n) is 3.82. The van der Waals surface area contributed by atoms with Gasteiger partial charge >= 0.3 is 11.9 Å². The van der Waals surface area contributed by atoms with E-state index in [2.05, 4.69) is 43.6 Å². The Balaban J connectivity index is 1.77. The lowest BCUT2D eigenvalue weighted by Gasteiger charge is -2.22. The van der Waals surface area contributed by atoms with Gasteiger partial charge in [0, 0.05) is 24.4 Å². The summed E-state index contributed by atoms with van der Waals surface area (Å²) in [4.78, 5) is 25.7. The number of aromatic nitrogens is 1. The average molecular weight is 461 g/mol. The third kappa shape index (κ3) is 6.13. The summed E-state index contributed by atoms with van der Waals surface area (Å²) in [7, 11) is 0. The van der Waals surface area contributed by atoms with Crippen LogP contribution in [0.15, 0.2) is 72.9 Å². The highest BCUT2D eigenvalue weighted by molar-refractivity contribution is 5.92. The van der Waals surface area contributed by atoms with Gasteiger partial charge in [-0.1, -0.05) is 76.2 Å². The topological polar surface area (TPSA) is 97.2 Å². The van der Waals surface area contributed by atoms with Gasteiger partial charge in [0.15, 0.2) is 6.20 Å². The molecule has 1 aromatic heterocycles. The van der Waals surface area contributed by atoms with Crippen LogP contribution in [0.2, 0.25) is 0 Å². The molecule has 3 rings (SSSR count). The van der Waals surface area contributed by atoms with Crippen LogP contribution in [0.1, 0.15) is 72.8 Å². The average Bonchev–Trinajstić information content (AvgIpc) is 2.82. The summed E-state index contributed by atoms with van der Waals surface area (Å²) >= 11 is 0. The molecule has 0 fully saturated rings. The Hall–Kier alpha value is -3.87. The summed E-state index contributed by atoms with van der Waals surface area (Å²) in [6, 6.07) is 19.2. The van der Waals surface area contributed by atoms with Crippen LogP contribution in [0.4, 0.5) is 10.5 Å². The van der Waals surface area contributed by atoms with Crippen molar-refractivity contribution in [3.05, 3.63) is 101 Å². The second-order valence-corrected chi connectivity index (χ2v) is 8.80. The zero-order chi connectivity index (χ0) is 24.7. The maximum absolute atomic E-state index is 12.9. The third-order valence-corrected chi connectivity index (χ3v) is 5.64. The van der Waals surface area contributed by atoms with Gasteiger partial charge in [0.2, 0.25) is 0 Å². The molecule has 0 spiro atoms. The minimum Gasteiger partial charge on any atom is -0.618 e. The number of benzene rings is 2. The Morgan fingerprint density at radius 1 is 0.853 bits per heavy atom. The van der Waals surface area contributed by atoms with E-state index in [9.17, 15) is 14.8 Å². The van der Waals surface area contributed by atoms with E-state index in [4.69, 9.17) is 0 Å². The lowest BCUT2D eigenvalue weighted by Crippen LogP contribution is -2.43. The quantitative estimate of drug-likeness (QED) is 0.331. The van der Waals surface area contributed by atoms with E-state index in [1.165, 1.54) is 12.3 Å². The van der Waals surface area contributed by atoms with E-state index in [0.29, 0.717) is 4.73 Å². The highest BCUT2D eigenvalue weighted by atomic mass is 16.5. The molecule has 0 saturated heterocycles. The summed E-state index contributed by atoms with van der Waals surface area (Å²) in [5.74, 6) is -0.0241. The van der Waals surface area contributed by atoms with E-state index in [1.54, 1.807) is 12.1 Å². The predicted molar refractivity (Wildman–Crippen MR) is 134 cm³/mol. The summed E-state index contributed by atoms with van der Waals surface area (Å²) < 4.78 is 0.522. The van der Waals surface area contributed by atoms with Gasteiger partial charge in [-0.2, -0.15) is 4.73 Å². The Kier molecular flexibility index (Phi) is 8.24. The van der Waals surface area contributed by atoms with Gasteiger partial charge in [0.1, 0.15) is 0 Å². The Morgan fingerprint density at radius 3 is 2.06 bits per heavy atom. The number of pyridine rings is 1. The number of para-hydroxylation sites is 1. The molecule has 3 amide bonds. The number of carbonyl (C=O) groups excluding carboxylic acids is 2. The molecule has 0 aliphatic rings. The summed E-state index contributed by atoms with van der Waals surface area (Å²) in [5, 5.41) is 20.8. The van der Waals surface area contributed by atoms with E-state index < -0.39 is 11.9 Å². The van der Waals surface area contributed by atoms with Crippen molar-refractivity contribution in [1.29, 1.82) is 0 Å². The van der Waals surface area contributed by atoms with Crippen molar-refractivity contribution < 1.29 is 14.3 Å². The molecule has 0 bridgehead atoms. The lowest BCUT2D eigenvalue weighted by molar-refractivity contribution is -0.607. The zero-order valence-corrected chi connectivity index (χ0v) is 20.0.